The van der Waals surface area contributed by atoms with Gasteiger partial charge in [-0.15, -0.1) is 0 Å². The third-order valence-electron chi connectivity index (χ3n) is 3.23. The number of carbonyl (C=O) groups is 2. The predicted octanol–water partition coefficient (Wildman–Crippen LogP) is 0.431. The maximum atomic E-state index is 11.8. The van der Waals surface area contributed by atoms with Crippen molar-refractivity contribution in [1.82, 2.24) is 15.1 Å². The molecule has 0 aliphatic heterocycles. The second-order valence-corrected chi connectivity index (χ2v) is 4.64. The van der Waals surface area contributed by atoms with E-state index in [2.05, 4.69) is 10.4 Å². The van der Waals surface area contributed by atoms with Crippen LogP contribution in [0, 0.1) is 0 Å². The summed E-state index contributed by atoms with van der Waals surface area (Å²) in [5, 5.41) is 6.90. The lowest BCUT2D eigenvalue weighted by Gasteiger charge is -2.22. The molecular formula is C12H18N4O2. The number of nitrogens with one attached hydrogen (secondary N) is 1. The molecule has 0 unspecified atom stereocenters. The van der Waals surface area contributed by atoms with Crippen LogP contribution in [0.3, 0.4) is 0 Å². The Morgan fingerprint density at radius 1 is 1.39 bits per heavy atom. The molecule has 0 saturated heterocycles. The first-order valence-corrected chi connectivity index (χ1v) is 6.28. The standard InChI is InChI=1S/C12H18N4O2/c13-12(18)10-6-7-14-16(10)8-11(17)15-9-4-2-1-3-5-9/h6-7,9H,1-5,8H2,(H2,13,18)(H,15,17). The van der Waals surface area contributed by atoms with Gasteiger partial charge >= 0.3 is 0 Å². The highest BCUT2D eigenvalue weighted by Gasteiger charge is 2.17. The Balaban J connectivity index is 1.90. The molecule has 6 nitrogen and oxygen atoms in total. The minimum absolute atomic E-state index is 0.0434. The van der Waals surface area contributed by atoms with Crippen molar-refractivity contribution in [1.29, 1.82) is 0 Å². The van der Waals surface area contributed by atoms with Crippen LogP contribution in [0.4, 0.5) is 0 Å². The third kappa shape index (κ3) is 3.09. The zero-order valence-corrected chi connectivity index (χ0v) is 10.3. The SMILES string of the molecule is NC(=O)c1ccnn1CC(=O)NC1CCCCC1. The van der Waals surface area contributed by atoms with E-state index in [-0.39, 0.29) is 24.2 Å². The van der Waals surface area contributed by atoms with Crippen LogP contribution in [-0.2, 0) is 11.3 Å². The molecule has 1 aliphatic carbocycles. The summed E-state index contributed by atoms with van der Waals surface area (Å²) in [5.41, 5.74) is 5.45. The minimum Gasteiger partial charge on any atom is -0.364 e. The zero-order valence-electron chi connectivity index (χ0n) is 10.3. The average molecular weight is 250 g/mol. The van der Waals surface area contributed by atoms with Crippen LogP contribution < -0.4 is 11.1 Å². The normalized spacial score (nSPS) is 16.4. The van der Waals surface area contributed by atoms with Crippen molar-refractivity contribution in [3.05, 3.63) is 18.0 Å². The number of aromatic nitrogens is 2. The molecule has 1 aromatic rings. The topological polar surface area (TPSA) is 90.0 Å². The molecular weight excluding hydrogens is 232 g/mol. The summed E-state index contributed by atoms with van der Waals surface area (Å²) in [7, 11) is 0. The molecule has 0 atom stereocenters. The molecule has 0 spiro atoms. The number of nitrogens with two attached hydrogens (primary N) is 1. The fraction of sp³-hybridized carbons (Fsp3) is 0.583. The van der Waals surface area contributed by atoms with E-state index in [1.807, 2.05) is 0 Å². The summed E-state index contributed by atoms with van der Waals surface area (Å²) in [5.74, 6) is -0.689. The average Bonchev–Trinajstić information content (AvgIpc) is 2.78. The zero-order chi connectivity index (χ0) is 13.0. The van der Waals surface area contributed by atoms with Gasteiger partial charge in [-0.2, -0.15) is 5.10 Å². The van der Waals surface area contributed by atoms with E-state index in [0.717, 1.165) is 12.8 Å². The van der Waals surface area contributed by atoms with Gasteiger partial charge in [0.05, 0.1) is 0 Å². The Morgan fingerprint density at radius 3 is 2.78 bits per heavy atom. The van der Waals surface area contributed by atoms with Gasteiger partial charge in [0.2, 0.25) is 5.91 Å². The number of hydrogen-bond acceptors (Lipinski definition) is 3. The number of amides is 2. The largest absolute Gasteiger partial charge is 0.364 e. The van der Waals surface area contributed by atoms with Crippen LogP contribution >= 0.6 is 0 Å². The first-order chi connectivity index (χ1) is 8.66. The fourth-order valence-electron chi connectivity index (χ4n) is 2.32. The van der Waals surface area contributed by atoms with Gasteiger partial charge in [-0.25, -0.2) is 0 Å². The van der Waals surface area contributed by atoms with Crippen LogP contribution in [-0.4, -0.2) is 27.6 Å². The Labute approximate surface area is 106 Å². The summed E-state index contributed by atoms with van der Waals surface area (Å²) in [6.07, 6.45) is 7.12. The van der Waals surface area contributed by atoms with E-state index in [1.54, 1.807) is 0 Å². The lowest BCUT2D eigenvalue weighted by molar-refractivity contribution is -0.122. The van der Waals surface area contributed by atoms with Crippen LogP contribution in [0.15, 0.2) is 12.3 Å². The summed E-state index contributed by atoms with van der Waals surface area (Å²) in [4.78, 5) is 22.9. The van der Waals surface area contributed by atoms with Crippen molar-refractivity contribution < 1.29 is 9.59 Å². The molecule has 1 aliphatic rings. The number of rotatable bonds is 4. The number of nitrogens with zero attached hydrogens (tertiary/aromatic N) is 2. The van der Waals surface area contributed by atoms with Crippen molar-refractivity contribution in [2.75, 3.05) is 0 Å². The third-order valence-corrected chi connectivity index (χ3v) is 3.23. The van der Waals surface area contributed by atoms with Crippen LogP contribution in [0.5, 0.6) is 0 Å². The molecule has 3 N–H and O–H groups in total. The monoisotopic (exact) mass is 250 g/mol. The molecule has 98 valence electrons. The number of carbonyl (C=O) groups excluding carboxylic acids is 2. The maximum absolute atomic E-state index is 11.8. The molecule has 1 saturated carbocycles. The first-order valence-electron chi connectivity index (χ1n) is 6.28. The van der Waals surface area contributed by atoms with E-state index in [0.29, 0.717) is 0 Å². The lowest BCUT2D eigenvalue weighted by atomic mass is 9.95. The van der Waals surface area contributed by atoms with E-state index in [9.17, 15) is 9.59 Å². The summed E-state index contributed by atoms with van der Waals surface area (Å²) >= 11 is 0. The lowest BCUT2D eigenvalue weighted by Crippen LogP contribution is -2.38. The molecule has 1 aromatic heterocycles. The van der Waals surface area contributed by atoms with Gasteiger partial charge in [0.15, 0.2) is 0 Å². The molecule has 18 heavy (non-hydrogen) atoms. The molecule has 1 fully saturated rings. The van der Waals surface area contributed by atoms with E-state index in [4.69, 9.17) is 5.73 Å². The summed E-state index contributed by atoms with van der Waals surface area (Å²) < 4.78 is 1.33. The second-order valence-electron chi connectivity index (χ2n) is 4.64. The van der Waals surface area contributed by atoms with E-state index < -0.39 is 5.91 Å². The van der Waals surface area contributed by atoms with Crippen LogP contribution in [0.25, 0.3) is 0 Å². The van der Waals surface area contributed by atoms with Gasteiger partial charge in [0.25, 0.3) is 5.91 Å². The highest BCUT2D eigenvalue weighted by atomic mass is 16.2. The molecule has 0 radical (unpaired) electrons. The highest BCUT2D eigenvalue weighted by molar-refractivity contribution is 5.91. The van der Waals surface area contributed by atoms with Crippen molar-refractivity contribution in [2.45, 2.75) is 44.7 Å². The smallest absolute Gasteiger partial charge is 0.266 e. The summed E-state index contributed by atoms with van der Waals surface area (Å²) in [6, 6.07) is 1.77. The van der Waals surface area contributed by atoms with Crippen molar-refractivity contribution in [3.63, 3.8) is 0 Å². The van der Waals surface area contributed by atoms with Gasteiger partial charge in [0, 0.05) is 12.2 Å². The number of hydrogen-bond donors (Lipinski definition) is 2. The summed E-state index contributed by atoms with van der Waals surface area (Å²) in [6.45, 7) is 0.0434. The number of primary amides is 1. The molecule has 2 rings (SSSR count). The van der Waals surface area contributed by atoms with Gasteiger partial charge in [-0.05, 0) is 18.9 Å². The van der Waals surface area contributed by atoms with E-state index in [1.165, 1.54) is 36.2 Å². The van der Waals surface area contributed by atoms with Crippen molar-refractivity contribution in [3.8, 4) is 0 Å². The maximum Gasteiger partial charge on any atom is 0.266 e. The Morgan fingerprint density at radius 2 is 2.11 bits per heavy atom. The van der Waals surface area contributed by atoms with Gasteiger partial charge in [0.1, 0.15) is 12.2 Å². The van der Waals surface area contributed by atoms with Crippen molar-refractivity contribution in [2.24, 2.45) is 5.73 Å². The first kappa shape index (κ1) is 12.6. The van der Waals surface area contributed by atoms with Crippen LogP contribution in [0.2, 0.25) is 0 Å². The molecule has 0 aromatic carbocycles. The second kappa shape index (κ2) is 5.66. The molecule has 2 amide bonds. The molecule has 6 heteroatoms. The Kier molecular flexibility index (Phi) is 3.96. The van der Waals surface area contributed by atoms with Gasteiger partial charge in [-0.1, -0.05) is 19.3 Å². The minimum atomic E-state index is -0.571. The Bertz CT molecular complexity index is 435. The van der Waals surface area contributed by atoms with Crippen molar-refractivity contribution >= 4 is 11.8 Å². The van der Waals surface area contributed by atoms with Gasteiger partial charge in [-0.3, -0.25) is 14.3 Å². The highest BCUT2D eigenvalue weighted by Crippen LogP contribution is 2.17. The quantitative estimate of drug-likeness (QED) is 0.812. The van der Waals surface area contributed by atoms with Gasteiger partial charge < -0.3 is 11.1 Å². The van der Waals surface area contributed by atoms with Crippen LogP contribution in [0.1, 0.15) is 42.6 Å². The molecule has 0 bridgehead atoms. The predicted molar refractivity (Wildman–Crippen MR) is 65.8 cm³/mol. The Hall–Kier alpha value is -1.85. The molecule has 1 heterocycles. The fourth-order valence-corrected chi connectivity index (χ4v) is 2.32. The van der Waals surface area contributed by atoms with E-state index >= 15 is 0 Å².